The summed E-state index contributed by atoms with van der Waals surface area (Å²) in [5.41, 5.74) is 2.10. The summed E-state index contributed by atoms with van der Waals surface area (Å²) in [5.74, 6) is -0.00712. The molecule has 0 spiro atoms. The van der Waals surface area contributed by atoms with Crippen LogP contribution in [0.3, 0.4) is 0 Å². The van der Waals surface area contributed by atoms with E-state index in [0.29, 0.717) is 18.1 Å². The third-order valence-electron chi connectivity index (χ3n) is 2.38. The van der Waals surface area contributed by atoms with Gasteiger partial charge in [-0.25, -0.2) is 9.48 Å². The maximum Gasteiger partial charge on any atom is 0.338 e. The zero-order valence-corrected chi connectivity index (χ0v) is 10.6. The van der Waals surface area contributed by atoms with Crippen LogP contribution in [0.2, 0.25) is 0 Å². The van der Waals surface area contributed by atoms with E-state index >= 15 is 0 Å². The molecule has 6 heteroatoms. The quantitative estimate of drug-likeness (QED) is 0.628. The lowest BCUT2D eigenvalue weighted by molar-refractivity contribution is 0.0526. The molecule has 0 radical (unpaired) electrons. The lowest BCUT2D eigenvalue weighted by atomic mass is 10.2. The Labute approximate surface area is 109 Å². The summed E-state index contributed by atoms with van der Waals surface area (Å²) >= 11 is 5.77. The van der Waals surface area contributed by atoms with Gasteiger partial charge in [-0.2, -0.15) is 0 Å². The van der Waals surface area contributed by atoms with E-state index < -0.39 is 0 Å². The lowest BCUT2D eigenvalue weighted by Gasteiger charge is -2.05. The van der Waals surface area contributed by atoms with Crippen molar-refractivity contribution < 1.29 is 9.53 Å². The van der Waals surface area contributed by atoms with Crippen molar-refractivity contribution in [2.75, 3.05) is 6.61 Å². The van der Waals surface area contributed by atoms with Gasteiger partial charge in [-0.1, -0.05) is 5.21 Å². The highest BCUT2D eigenvalue weighted by atomic mass is 35.5. The summed E-state index contributed by atoms with van der Waals surface area (Å²) in [7, 11) is 0. The van der Waals surface area contributed by atoms with E-state index in [-0.39, 0.29) is 5.97 Å². The molecule has 0 aliphatic heterocycles. The van der Waals surface area contributed by atoms with Gasteiger partial charge in [0.15, 0.2) is 0 Å². The molecule has 0 aliphatic carbocycles. The van der Waals surface area contributed by atoms with E-state index in [1.807, 2.05) is 0 Å². The van der Waals surface area contributed by atoms with Crippen LogP contribution in [0.4, 0.5) is 0 Å². The fourth-order valence-corrected chi connectivity index (χ4v) is 1.70. The van der Waals surface area contributed by atoms with Crippen LogP contribution in [0.1, 0.15) is 23.0 Å². The summed E-state index contributed by atoms with van der Waals surface area (Å²) in [5, 5.41) is 7.73. The van der Waals surface area contributed by atoms with Crippen molar-refractivity contribution in [2.45, 2.75) is 12.8 Å². The zero-order chi connectivity index (χ0) is 13.0. The van der Waals surface area contributed by atoms with Gasteiger partial charge in [0.2, 0.25) is 0 Å². The van der Waals surface area contributed by atoms with Crippen LogP contribution < -0.4 is 0 Å². The summed E-state index contributed by atoms with van der Waals surface area (Å²) in [4.78, 5) is 11.5. The highest BCUT2D eigenvalue weighted by Gasteiger charge is 2.08. The zero-order valence-electron chi connectivity index (χ0n) is 9.84. The van der Waals surface area contributed by atoms with E-state index in [1.54, 1.807) is 42.1 Å². The normalized spacial score (nSPS) is 10.3. The first kappa shape index (κ1) is 12.6. The molecular formula is C12H12ClN3O2. The van der Waals surface area contributed by atoms with Crippen LogP contribution in [0, 0.1) is 0 Å². The van der Waals surface area contributed by atoms with Crippen LogP contribution in [0.5, 0.6) is 0 Å². The predicted molar refractivity (Wildman–Crippen MR) is 66.9 cm³/mol. The Morgan fingerprint density at radius 1 is 1.39 bits per heavy atom. The Kier molecular flexibility index (Phi) is 3.94. The van der Waals surface area contributed by atoms with E-state index in [9.17, 15) is 4.79 Å². The number of aromatic nitrogens is 3. The molecule has 1 aromatic carbocycles. The van der Waals surface area contributed by atoms with Gasteiger partial charge < -0.3 is 4.74 Å². The number of benzene rings is 1. The van der Waals surface area contributed by atoms with Crippen molar-refractivity contribution >= 4 is 17.6 Å². The molecule has 0 saturated heterocycles. The number of nitrogens with zero attached hydrogens (tertiary/aromatic N) is 3. The van der Waals surface area contributed by atoms with Crippen molar-refractivity contribution in [2.24, 2.45) is 0 Å². The molecule has 5 nitrogen and oxygen atoms in total. The second-order valence-corrected chi connectivity index (χ2v) is 3.81. The Balaban J connectivity index is 2.25. The number of alkyl halides is 1. The minimum atomic E-state index is -0.333. The van der Waals surface area contributed by atoms with Gasteiger partial charge in [0, 0.05) is 0 Å². The van der Waals surface area contributed by atoms with E-state index in [1.165, 1.54) is 0 Å². The smallest absolute Gasteiger partial charge is 0.338 e. The van der Waals surface area contributed by atoms with Crippen molar-refractivity contribution in [3.8, 4) is 5.69 Å². The minimum absolute atomic E-state index is 0.326. The molecule has 0 aliphatic rings. The third kappa shape index (κ3) is 2.51. The van der Waals surface area contributed by atoms with Gasteiger partial charge in [-0.3, -0.25) is 0 Å². The first-order valence-electron chi connectivity index (χ1n) is 5.49. The molecule has 2 rings (SSSR count). The average molecular weight is 266 g/mol. The second-order valence-electron chi connectivity index (χ2n) is 3.54. The third-order valence-corrected chi connectivity index (χ3v) is 2.65. The first-order valence-corrected chi connectivity index (χ1v) is 6.02. The van der Waals surface area contributed by atoms with E-state index in [0.717, 1.165) is 11.4 Å². The van der Waals surface area contributed by atoms with Gasteiger partial charge in [-0.05, 0) is 31.2 Å². The standard InChI is InChI=1S/C12H12ClN3O2/c1-2-18-12(17)9-3-5-10(6-4-9)16-11(7-13)8-14-15-16/h3-6,8H,2,7H2,1H3. The molecule has 94 valence electrons. The van der Waals surface area contributed by atoms with Crippen LogP contribution in [0.15, 0.2) is 30.5 Å². The molecule has 0 amide bonds. The maximum absolute atomic E-state index is 11.5. The number of hydrogen-bond donors (Lipinski definition) is 0. The van der Waals surface area contributed by atoms with E-state index in [2.05, 4.69) is 10.3 Å². The number of carbonyl (C=O) groups is 1. The Morgan fingerprint density at radius 2 is 2.11 bits per heavy atom. The van der Waals surface area contributed by atoms with Crippen LogP contribution in [0.25, 0.3) is 5.69 Å². The number of esters is 1. The van der Waals surface area contributed by atoms with Gasteiger partial charge in [0.05, 0.1) is 35.6 Å². The second kappa shape index (κ2) is 5.64. The van der Waals surface area contributed by atoms with Crippen molar-refractivity contribution in [3.05, 3.63) is 41.7 Å². The SMILES string of the molecule is CCOC(=O)c1ccc(-n2nncc2CCl)cc1. The number of hydrogen-bond acceptors (Lipinski definition) is 4. The van der Waals surface area contributed by atoms with Gasteiger partial charge >= 0.3 is 5.97 Å². The molecule has 0 bridgehead atoms. The Bertz CT molecular complexity index is 537. The average Bonchev–Trinajstić information content (AvgIpc) is 2.87. The molecule has 0 N–H and O–H groups in total. The van der Waals surface area contributed by atoms with Gasteiger partial charge in [-0.15, -0.1) is 16.7 Å². The summed E-state index contributed by atoms with van der Waals surface area (Å²) in [6.45, 7) is 2.13. The number of ether oxygens (including phenoxy) is 1. The number of rotatable bonds is 4. The largest absolute Gasteiger partial charge is 0.462 e. The molecule has 18 heavy (non-hydrogen) atoms. The molecular weight excluding hydrogens is 254 g/mol. The number of carbonyl (C=O) groups excluding carboxylic acids is 1. The Hall–Kier alpha value is -1.88. The molecule has 2 aromatic rings. The van der Waals surface area contributed by atoms with Crippen LogP contribution in [-0.2, 0) is 10.6 Å². The maximum atomic E-state index is 11.5. The first-order chi connectivity index (χ1) is 8.76. The Morgan fingerprint density at radius 3 is 2.72 bits per heavy atom. The minimum Gasteiger partial charge on any atom is -0.462 e. The highest BCUT2D eigenvalue weighted by Crippen LogP contribution is 2.13. The van der Waals surface area contributed by atoms with Crippen molar-refractivity contribution in [1.29, 1.82) is 0 Å². The van der Waals surface area contributed by atoms with Crippen molar-refractivity contribution in [1.82, 2.24) is 15.0 Å². The topological polar surface area (TPSA) is 57.0 Å². The fraction of sp³-hybridized carbons (Fsp3) is 0.250. The molecule has 1 heterocycles. The monoisotopic (exact) mass is 265 g/mol. The van der Waals surface area contributed by atoms with Gasteiger partial charge in [0.25, 0.3) is 0 Å². The fourth-order valence-electron chi connectivity index (χ4n) is 1.52. The molecule has 0 atom stereocenters. The van der Waals surface area contributed by atoms with Crippen LogP contribution in [-0.4, -0.2) is 27.6 Å². The number of halogens is 1. The predicted octanol–water partition coefficient (Wildman–Crippen LogP) is 2.18. The lowest BCUT2D eigenvalue weighted by Crippen LogP contribution is -2.05. The van der Waals surface area contributed by atoms with Crippen molar-refractivity contribution in [3.63, 3.8) is 0 Å². The molecule has 0 fully saturated rings. The summed E-state index contributed by atoms with van der Waals surface area (Å²) in [6, 6.07) is 6.92. The van der Waals surface area contributed by atoms with E-state index in [4.69, 9.17) is 16.3 Å². The van der Waals surface area contributed by atoms with Crippen LogP contribution >= 0.6 is 11.6 Å². The molecule has 0 saturated carbocycles. The van der Waals surface area contributed by atoms with Gasteiger partial charge in [0.1, 0.15) is 0 Å². The molecule has 1 aromatic heterocycles. The summed E-state index contributed by atoms with van der Waals surface area (Å²) in [6.07, 6.45) is 1.60. The highest BCUT2D eigenvalue weighted by molar-refractivity contribution is 6.16. The summed E-state index contributed by atoms with van der Waals surface area (Å²) < 4.78 is 6.54. The molecule has 0 unspecified atom stereocenters.